The van der Waals surface area contributed by atoms with E-state index >= 15 is 0 Å². The number of hydrogen-bond acceptors (Lipinski definition) is 5. The summed E-state index contributed by atoms with van der Waals surface area (Å²) in [5.74, 6) is -1.58. The van der Waals surface area contributed by atoms with Crippen molar-refractivity contribution in [2.75, 3.05) is 18.4 Å². The third-order valence-corrected chi connectivity index (χ3v) is 8.52. The minimum absolute atomic E-state index is 0.0229. The van der Waals surface area contributed by atoms with Crippen LogP contribution in [0.25, 0.3) is 10.8 Å². The number of benzene rings is 4. The lowest BCUT2D eigenvalue weighted by Crippen LogP contribution is -2.52. The van der Waals surface area contributed by atoms with Crippen LogP contribution in [0.4, 0.5) is 5.69 Å². The van der Waals surface area contributed by atoms with E-state index in [1.165, 1.54) is 4.90 Å². The highest BCUT2D eigenvalue weighted by Crippen LogP contribution is 2.33. The van der Waals surface area contributed by atoms with E-state index in [-0.39, 0.29) is 49.7 Å². The average Bonchev–Trinajstić information content (AvgIpc) is 3.16. The molecule has 3 atom stereocenters. The Hall–Kier alpha value is -4.73. The summed E-state index contributed by atoms with van der Waals surface area (Å²) in [6.45, 7) is 2.01. The highest BCUT2D eigenvalue weighted by Gasteiger charge is 2.43. The first-order valence-corrected chi connectivity index (χ1v) is 15.3. The molecule has 1 unspecified atom stereocenters. The highest BCUT2D eigenvalue weighted by molar-refractivity contribution is 6.30. The number of primary amides is 1. The van der Waals surface area contributed by atoms with Crippen molar-refractivity contribution in [3.8, 4) is 0 Å². The van der Waals surface area contributed by atoms with E-state index in [9.17, 15) is 19.2 Å². The van der Waals surface area contributed by atoms with Gasteiger partial charge >= 0.3 is 0 Å². The Morgan fingerprint density at radius 1 is 0.978 bits per heavy atom. The molecule has 232 valence electrons. The summed E-state index contributed by atoms with van der Waals surface area (Å²) in [5.41, 5.74) is 14.1. The summed E-state index contributed by atoms with van der Waals surface area (Å²) in [5, 5.41) is 5.12. The number of amides is 4. The molecule has 1 aliphatic heterocycles. The van der Waals surface area contributed by atoms with Crippen molar-refractivity contribution in [3.63, 3.8) is 0 Å². The Kier molecular flexibility index (Phi) is 9.80. The van der Waals surface area contributed by atoms with Crippen LogP contribution in [-0.2, 0) is 32.0 Å². The van der Waals surface area contributed by atoms with Crippen molar-refractivity contribution in [1.29, 1.82) is 0 Å². The number of halogens is 1. The van der Waals surface area contributed by atoms with Gasteiger partial charge in [-0.15, -0.1) is 0 Å². The van der Waals surface area contributed by atoms with Gasteiger partial charge in [-0.2, -0.15) is 0 Å². The van der Waals surface area contributed by atoms with Gasteiger partial charge in [0.1, 0.15) is 12.1 Å². The van der Waals surface area contributed by atoms with Crippen LogP contribution in [0.3, 0.4) is 0 Å². The number of rotatable bonds is 9. The molecule has 9 nitrogen and oxygen atoms in total. The van der Waals surface area contributed by atoms with Crippen LogP contribution in [0, 0.1) is 0 Å². The SMILES string of the molecule is C[C@@H]1CCN(C(Cc2cccc3ccccc23)C(N)=O)C(=O)[C@H](c2cccc(Cl)c2)N1C(=O)Cc1ccc(NC(=O)CN)cc1. The van der Waals surface area contributed by atoms with E-state index in [1.807, 2.05) is 49.4 Å². The van der Waals surface area contributed by atoms with Gasteiger partial charge < -0.3 is 26.6 Å². The van der Waals surface area contributed by atoms with Gasteiger partial charge in [0.15, 0.2) is 0 Å². The van der Waals surface area contributed by atoms with Crippen LogP contribution in [0.15, 0.2) is 91.0 Å². The van der Waals surface area contributed by atoms with E-state index < -0.39 is 18.0 Å². The maximum Gasteiger partial charge on any atom is 0.250 e. The number of anilines is 1. The molecule has 0 bridgehead atoms. The van der Waals surface area contributed by atoms with Gasteiger partial charge in [-0.05, 0) is 65.1 Å². The lowest BCUT2D eigenvalue weighted by molar-refractivity contribution is -0.148. The number of nitrogens with zero attached hydrogens (tertiary/aromatic N) is 2. The molecule has 4 aromatic carbocycles. The molecule has 1 saturated heterocycles. The van der Waals surface area contributed by atoms with Crippen LogP contribution in [0.2, 0.25) is 5.02 Å². The van der Waals surface area contributed by atoms with Crippen molar-refractivity contribution < 1.29 is 19.2 Å². The molecule has 1 heterocycles. The lowest BCUT2D eigenvalue weighted by Gasteiger charge is -2.36. The maximum absolute atomic E-state index is 14.6. The van der Waals surface area contributed by atoms with Crippen molar-refractivity contribution in [2.24, 2.45) is 11.5 Å². The molecular formula is C35H36ClN5O4. The smallest absolute Gasteiger partial charge is 0.250 e. The quantitative estimate of drug-likeness (QED) is 0.256. The summed E-state index contributed by atoms with van der Waals surface area (Å²) in [4.78, 5) is 56.5. The Morgan fingerprint density at radius 2 is 1.69 bits per heavy atom. The Bertz CT molecular complexity index is 1720. The van der Waals surface area contributed by atoms with Crippen molar-refractivity contribution in [2.45, 2.75) is 44.3 Å². The van der Waals surface area contributed by atoms with Crippen LogP contribution in [0.1, 0.15) is 36.1 Å². The monoisotopic (exact) mass is 625 g/mol. The average molecular weight is 626 g/mol. The minimum Gasteiger partial charge on any atom is -0.368 e. The van der Waals surface area contributed by atoms with E-state index in [0.717, 1.165) is 16.3 Å². The number of hydrogen-bond donors (Lipinski definition) is 3. The second-order valence-electron chi connectivity index (χ2n) is 11.3. The van der Waals surface area contributed by atoms with Crippen LogP contribution in [0.5, 0.6) is 0 Å². The molecule has 1 aliphatic rings. The predicted octanol–water partition coefficient (Wildman–Crippen LogP) is 4.22. The van der Waals surface area contributed by atoms with Gasteiger partial charge in [0, 0.05) is 29.7 Å². The van der Waals surface area contributed by atoms with Crippen LogP contribution in [-0.4, -0.2) is 58.6 Å². The number of carbonyl (C=O) groups excluding carboxylic acids is 4. The Labute approximate surface area is 267 Å². The van der Waals surface area contributed by atoms with E-state index in [0.29, 0.717) is 28.3 Å². The van der Waals surface area contributed by atoms with Gasteiger partial charge in [-0.1, -0.05) is 78.3 Å². The van der Waals surface area contributed by atoms with E-state index in [4.69, 9.17) is 23.1 Å². The fraction of sp³-hybridized carbons (Fsp3) is 0.257. The fourth-order valence-electron chi connectivity index (χ4n) is 6.01. The van der Waals surface area contributed by atoms with E-state index in [2.05, 4.69) is 5.32 Å². The molecule has 10 heteroatoms. The standard InChI is InChI=1S/C35H36ClN5O4/c1-22-16-17-40(30(34(38)44)20-25-8-4-7-24-6-2-3-11-29(24)25)35(45)33(26-9-5-10-27(36)19-26)41(22)32(43)18-23-12-14-28(15-13-23)39-31(42)21-37/h2-15,19,22,30,33H,16-18,20-21,37H2,1H3,(H2,38,44)(H,39,42)/t22-,30?,33+/m1/s1. The van der Waals surface area contributed by atoms with Crippen LogP contribution < -0.4 is 16.8 Å². The number of nitrogens with one attached hydrogen (secondary N) is 1. The summed E-state index contributed by atoms with van der Waals surface area (Å²) >= 11 is 6.38. The normalized spacial score (nSPS) is 17.5. The minimum atomic E-state index is -1.02. The lowest BCUT2D eigenvalue weighted by atomic mass is 9.96. The van der Waals surface area contributed by atoms with Crippen molar-refractivity contribution in [1.82, 2.24) is 9.80 Å². The molecule has 4 aromatic rings. The van der Waals surface area contributed by atoms with Gasteiger partial charge in [0.25, 0.3) is 5.91 Å². The second-order valence-corrected chi connectivity index (χ2v) is 11.8. The van der Waals surface area contributed by atoms with Crippen molar-refractivity contribution in [3.05, 3.63) is 113 Å². The summed E-state index contributed by atoms with van der Waals surface area (Å²) in [6, 6.07) is 25.3. The molecule has 5 rings (SSSR count). The Balaban J connectivity index is 1.48. The molecule has 0 spiro atoms. The molecule has 0 aliphatic carbocycles. The van der Waals surface area contributed by atoms with Gasteiger partial charge in [-0.3, -0.25) is 19.2 Å². The maximum atomic E-state index is 14.6. The van der Waals surface area contributed by atoms with Gasteiger partial charge in [0.2, 0.25) is 17.7 Å². The molecule has 0 aromatic heterocycles. The zero-order valence-corrected chi connectivity index (χ0v) is 25.7. The van der Waals surface area contributed by atoms with Crippen LogP contribution >= 0.6 is 11.6 Å². The van der Waals surface area contributed by atoms with Gasteiger partial charge in [0.05, 0.1) is 13.0 Å². The highest BCUT2D eigenvalue weighted by atomic mass is 35.5. The van der Waals surface area contributed by atoms with Gasteiger partial charge in [-0.25, -0.2) is 0 Å². The molecule has 45 heavy (non-hydrogen) atoms. The summed E-state index contributed by atoms with van der Waals surface area (Å²) < 4.78 is 0. The molecular weight excluding hydrogens is 590 g/mol. The zero-order chi connectivity index (χ0) is 32.1. The first-order chi connectivity index (χ1) is 21.7. The topological polar surface area (TPSA) is 139 Å². The molecule has 5 N–H and O–H groups in total. The number of nitrogens with two attached hydrogens (primary N) is 2. The molecule has 1 fully saturated rings. The largest absolute Gasteiger partial charge is 0.368 e. The summed E-state index contributed by atoms with van der Waals surface area (Å²) in [6.07, 6.45) is 0.701. The Morgan fingerprint density at radius 3 is 2.40 bits per heavy atom. The second kappa shape index (κ2) is 13.9. The third kappa shape index (κ3) is 7.16. The fourth-order valence-corrected chi connectivity index (χ4v) is 6.21. The molecule has 4 amide bonds. The third-order valence-electron chi connectivity index (χ3n) is 8.29. The summed E-state index contributed by atoms with van der Waals surface area (Å²) in [7, 11) is 0. The first-order valence-electron chi connectivity index (χ1n) is 14.9. The number of carbonyl (C=O) groups is 4. The molecule has 0 saturated carbocycles. The number of fused-ring (bicyclic) bond motifs is 1. The first kappa shape index (κ1) is 31.7. The van der Waals surface area contributed by atoms with E-state index in [1.54, 1.807) is 53.4 Å². The molecule has 0 radical (unpaired) electrons. The predicted molar refractivity (Wildman–Crippen MR) is 175 cm³/mol. The van der Waals surface area contributed by atoms with Crippen molar-refractivity contribution >= 4 is 51.7 Å². The zero-order valence-electron chi connectivity index (χ0n) is 25.0.